The summed E-state index contributed by atoms with van der Waals surface area (Å²) in [6, 6.07) is 4.22. The second-order valence-corrected chi connectivity index (χ2v) is 10.1. The van der Waals surface area contributed by atoms with E-state index in [-0.39, 0.29) is 0 Å². The van der Waals surface area contributed by atoms with Gasteiger partial charge in [0.05, 0.1) is 0 Å². The van der Waals surface area contributed by atoms with E-state index in [0.29, 0.717) is 5.75 Å². The highest BCUT2D eigenvalue weighted by molar-refractivity contribution is 5.42. The van der Waals surface area contributed by atoms with Crippen molar-refractivity contribution in [3.05, 3.63) is 28.8 Å². The van der Waals surface area contributed by atoms with Crippen molar-refractivity contribution in [3.63, 3.8) is 0 Å². The maximum atomic E-state index is 10.2. The molecular weight excluding hydrogens is 376 g/mol. The van der Waals surface area contributed by atoms with E-state index in [0.717, 1.165) is 17.5 Å². The molecule has 0 radical (unpaired) electrons. The van der Waals surface area contributed by atoms with Gasteiger partial charge in [0.2, 0.25) is 0 Å². The number of hydrogen-bond donors (Lipinski definition) is 1. The summed E-state index contributed by atoms with van der Waals surface area (Å²) in [5.41, 5.74) is 3.42. The van der Waals surface area contributed by atoms with Crippen LogP contribution >= 0.6 is 0 Å². The summed E-state index contributed by atoms with van der Waals surface area (Å²) in [5.74, 6) is 0.517. The van der Waals surface area contributed by atoms with Gasteiger partial charge >= 0.3 is 0 Å². The van der Waals surface area contributed by atoms with Crippen molar-refractivity contribution in [2.45, 2.75) is 156 Å². The summed E-state index contributed by atoms with van der Waals surface area (Å²) >= 11 is 0. The van der Waals surface area contributed by atoms with Gasteiger partial charge in [-0.25, -0.2) is 0 Å². The highest BCUT2D eigenvalue weighted by Crippen LogP contribution is 2.25. The summed E-state index contributed by atoms with van der Waals surface area (Å²) in [5, 5.41) is 10.2. The van der Waals surface area contributed by atoms with Crippen LogP contribution in [0.15, 0.2) is 12.1 Å². The largest absolute Gasteiger partial charge is 0.507 e. The number of phenolic OH excluding ortho intramolecular Hbond substituents is 1. The molecule has 1 heteroatoms. The third kappa shape index (κ3) is 15.5. The van der Waals surface area contributed by atoms with Crippen LogP contribution in [-0.4, -0.2) is 5.11 Å². The molecule has 0 aliphatic heterocycles. The minimum Gasteiger partial charge on any atom is -0.507 e. The highest BCUT2D eigenvalue weighted by Gasteiger charge is 2.05. The van der Waals surface area contributed by atoms with E-state index in [1.54, 1.807) is 0 Å². The van der Waals surface area contributed by atoms with Crippen LogP contribution in [0.25, 0.3) is 0 Å². The fourth-order valence-corrected chi connectivity index (χ4v) is 4.81. The molecule has 180 valence electrons. The van der Waals surface area contributed by atoms with Crippen LogP contribution in [0, 0.1) is 13.8 Å². The number of rotatable bonds is 21. The first-order chi connectivity index (χ1) is 15.1. The lowest BCUT2D eigenvalue weighted by atomic mass is 9.99. The van der Waals surface area contributed by atoms with Crippen LogP contribution in [0.2, 0.25) is 0 Å². The molecule has 0 aliphatic rings. The normalized spacial score (nSPS) is 11.3. The molecule has 0 saturated carbocycles. The van der Waals surface area contributed by atoms with Crippen molar-refractivity contribution in [2.75, 3.05) is 0 Å². The first-order valence-electron chi connectivity index (χ1n) is 13.9. The fraction of sp³-hybridized carbons (Fsp3) is 0.800. The van der Waals surface area contributed by atoms with E-state index in [1.165, 1.54) is 134 Å². The van der Waals surface area contributed by atoms with E-state index in [4.69, 9.17) is 0 Å². The maximum Gasteiger partial charge on any atom is 0.121 e. The van der Waals surface area contributed by atoms with E-state index in [1.807, 2.05) is 6.92 Å². The topological polar surface area (TPSA) is 20.2 Å². The molecule has 1 N–H and O–H groups in total. The Morgan fingerprint density at radius 2 is 0.871 bits per heavy atom. The standard InChI is InChI=1S/C30H54O/c1-4-5-6-7-8-9-10-11-12-13-14-15-16-17-18-19-20-21-22-23-24-29-26-27(2)25-28(3)30(29)31/h25-26,31H,4-24H2,1-3H3. The predicted molar refractivity (Wildman–Crippen MR) is 139 cm³/mol. The number of aryl methyl sites for hydroxylation is 3. The second-order valence-electron chi connectivity index (χ2n) is 10.1. The van der Waals surface area contributed by atoms with Crippen molar-refractivity contribution in [2.24, 2.45) is 0 Å². The summed E-state index contributed by atoms with van der Waals surface area (Å²) in [4.78, 5) is 0. The van der Waals surface area contributed by atoms with E-state index in [2.05, 4.69) is 26.0 Å². The van der Waals surface area contributed by atoms with Crippen LogP contribution in [0.5, 0.6) is 5.75 Å². The molecule has 0 atom stereocenters. The molecule has 1 rings (SSSR count). The second kappa shape index (κ2) is 19.7. The summed E-state index contributed by atoms with van der Waals surface area (Å²) in [7, 11) is 0. The Bertz CT molecular complexity index is 533. The molecule has 1 aromatic rings. The lowest BCUT2D eigenvalue weighted by Gasteiger charge is -2.09. The molecule has 31 heavy (non-hydrogen) atoms. The number of phenols is 1. The zero-order valence-electron chi connectivity index (χ0n) is 21.5. The number of unbranched alkanes of at least 4 members (excludes halogenated alkanes) is 19. The van der Waals surface area contributed by atoms with Gasteiger partial charge in [0.1, 0.15) is 5.75 Å². The Balaban J connectivity index is 1.78. The molecule has 0 heterocycles. The Morgan fingerprint density at radius 3 is 1.26 bits per heavy atom. The first-order valence-corrected chi connectivity index (χ1v) is 13.9. The van der Waals surface area contributed by atoms with E-state index >= 15 is 0 Å². The van der Waals surface area contributed by atoms with Crippen LogP contribution < -0.4 is 0 Å². The number of benzene rings is 1. The van der Waals surface area contributed by atoms with Crippen molar-refractivity contribution < 1.29 is 5.11 Å². The third-order valence-electron chi connectivity index (χ3n) is 6.82. The van der Waals surface area contributed by atoms with Gasteiger partial charge in [-0.15, -0.1) is 0 Å². The zero-order valence-corrected chi connectivity index (χ0v) is 21.5. The van der Waals surface area contributed by atoms with Gasteiger partial charge in [0.25, 0.3) is 0 Å². The van der Waals surface area contributed by atoms with E-state index < -0.39 is 0 Å². The van der Waals surface area contributed by atoms with Crippen molar-refractivity contribution in [1.29, 1.82) is 0 Å². The molecular formula is C30H54O. The number of aromatic hydroxyl groups is 1. The van der Waals surface area contributed by atoms with Crippen molar-refractivity contribution in [3.8, 4) is 5.75 Å². The molecule has 0 aliphatic carbocycles. The molecule has 1 nitrogen and oxygen atoms in total. The Kier molecular flexibility index (Phi) is 17.8. The van der Waals surface area contributed by atoms with Crippen LogP contribution in [0.4, 0.5) is 0 Å². The van der Waals surface area contributed by atoms with Crippen LogP contribution in [0.1, 0.15) is 152 Å². The van der Waals surface area contributed by atoms with Gasteiger partial charge < -0.3 is 5.11 Å². The van der Waals surface area contributed by atoms with Crippen molar-refractivity contribution in [1.82, 2.24) is 0 Å². The monoisotopic (exact) mass is 430 g/mol. The van der Waals surface area contributed by atoms with Gasteiger partial charge in [0, 0.05) is 0 Å². The maximum absolute atomic E-state index is 10.2. The van der Waals surface area contributed by atoms with Gasteiger partial charge in [-0.3, -0.25) is 0 Å². The summed E-state index contributed by atoms with van der Waals surface area (Å²) in [6.45, 7) is 6.42. The molecule has 0 saturated heterocycles. The van der Waals surface area contributed by atoms with Crippen LogP contribution in [0.3, 0.4) is 0 Å². The van der Waals surface area contributed by atoms with Gasteiger partial charge in [-0.1, -0.05) is 147 Å². The molecule has 0 amide bonds. The van der Waals surface area contributed by atoms with Gasteiger partial charge in [0.15, 0.2) is 0 Å². The molecule has 0 aromatic heterocycles. The fourth-order valence-electron chi connectivity index (χ4n) is 4.81. The minimum absolute atomic E-state index is 0.517. The summed E-state index contributed by atoms with van der Waals surface area (Å²) < 4.78 is 0. The average molecular weight is 431 g/mol. The number of hydrogen-bond acceptors (Lipinski definition) is 1. The van der Waals surface area contributed by atoms with E-state index in [9.17, 15) is 5.11 Å². The molecule has 1 aromatic carbocycles. The third-order valence-corrected chi connectivity index (χ3v) is 6.82. The summed E-state index contributed by atoms with van der Waals surface area (Å²) in [6.07, 6.45) is 29.4. The predicted octanol–water partition coefficient (Wildman–Crippen LogP) is 10.4. The lowest BCUT2D eigenvalue weighted by molar-refractivity contribution is 0.461. The molecule has 0 unspecified atom stereocenters. The molecule has 0 fully saturated rings. The zero-order chi connectivity index (χ0) is 22.6. The van der Waals surface area contributed by atoms with Gasteiger partial charge in [-0.05, 0) is 37.8 Å². The van der Waals surface area contributed by atoms with Gasteiger partial charge in [-0.2, -0.15) is 0 Å². The average Bonchev–Trinajstić information content (AvgIpc) is 2.75. The highest BCUT2D eigenvalue weighted by atomic mass is 16.3. The Morgan fingerprint density at radius 1 is 0.516 bits per heavy atom. The first kappa shape index (κ1) is 28.1. The molecule has 0 spiro atoms. The minimum atomic E-state index is 0.517. The smallest absolute Gasteiger partial charge is 0.121 e. The van der Waals surface area contributed by atoms with Crippen molar-refractivity contribution >= 4 is 0 Å². The quantitative estimate of drug-likeness (QED) is 0.192. The van der Waals surface area contributed by atoms with Crippen LogP contribution in [-0.2, 0) is 6.42 Å². The SMILES string of the molecule is CCCCCCCCCCCCCCCCCCCCCCc1cc(C)cc(C)c1O. The lowest BCUT2D eigenvalue weighted by Crippen LogP contribution is -1.91. The Hall–Kier alpha value is -0.980. The Labute approximate surface area is 195 Å². The molecule has 0 bridgehead atoms.